The van der Waals surface area contributed by atoms with Crippen LogP contribution in [0.2, 0.25) is 0 Å². The number of aromatic nitrogens is 3. The molecule has 0 atom stereocenters. The molecule has 2 N–H and O–H groups in total. The van der Waals surface area contributed by atoms with Gasteiger partial charge in [0.15, 0.2) is 5.65 Å². The van der Waals surface area contributed by atoms with Gasteiger partial charge in [-0.25, -0.2) is 4.98 Å². The molecule has 5 heteroatoms. The minimum atomic E-state index is -0.136. The number of aromatic amines is 1. The third-order valence-electron chi connectivity index (χ3n) is 3.41. The number of rotatable bonds is 1. The summed E-state index contributed by atoms with van der Waals surface area (Å²) in [5.74, 6) is 0.209. The van der Waals surface area contributed by atoms with Crippen molar-refractivity contribution >= 4 is 11.0 Å². The van der Waals surface area contributed by atoms with E-state index in [4.69, 9.17) is 0 Å². The highest BCUT2D eigenvalue weighted by atomic mass is 16.3. The summed E-state index contributed by atoms with van der Waals surface area (Å²) in [5.41, 5.74) is 3.24. The molecule has 2 heterocycles. The first kappa shape index (κ1) is 11.5. The second-order valence-corrected chi connectivity index (χ2v) is 4.49. The highest BCUT2D eigenvalue weighted by Crippen LogP contribution is 2.25. The topological polar surface area (TPSA) is 70.9 Å². The van der Waals surface area contributed by atoms with Crippen LogP contribution in [-0.2, 0) is 0 Å². The van der Waals surface area contributed by atoms with Gasteiger partial charge in [0.2, 0.25) is 0 Å². The standard InChI is InChI=1S/C14H13N3O2/c1-8-9(2)17(10-3-5-11(18)6-4-10)13-12(8)14(19)16-7-15-13/h3-7,18H,1-2H3,(H,15,16,19). The number of nitrogens with one attached hydrogen (secondary N) is 1. The van der Waals surface area contributed by atoms with E-state index in [1.54, 1.807) is 24.3 Å². The van der Waals surface area contributed by atoms with Crippen molar-refractivity contribution in [1.29, 1.82) is 0 Å². The minimum Gasteiger partial charge on any atom is -0.508 e. The number of aryl methyl sites for hydroxylation is 1. The molecule has 5 nitrogen and oxygen atoms in total. The van der Waals surface area contributed by atoms with E-state index in [-0.39, 0.29) is 11.3 Å². The summed E-state index contributed by atoms with van der Waals surface area (Å²) in [6, 6.07) is 6.82. The van der Waals surface area contributed by atoms with Gasteiger partial charge in [0.05, 0.1) is 11.7 Å². The van der Waals surface area contributed by atoms with Crippen molar-refractivity contribution in [1.82, 2.24) is 14.5 Å². The summed E-state index contributed by atoms with van der Waals surface area (Å²) < 4.78 is 1.92. The fraction of sp³-hybridized carbons (Fsp3) is 0.143. The number of hydrogen-bond donors (Lipinski definition) is 2. The maximum atomic E-state index is 11.9. The van der Waals surface area contributed by atoms with E-state index in [9.17, 15) is 9.90 Å². The first-order chi connectivity index (χ1) is 9.09. The van der Waals surface area contributed by atoms with Crippen molar-refractivity contribution in [2.75, 3.05) is 0 Å². The van der Waals surface area contributed by atoms with Gasteiger partial charge in [-0.15, -0.1) is 0 Å². The monoisotopic (exact) mass is 255 g/mol. The van der Waals surface area contributed by atoms with Crippen LogP contribution in [0.3, 0.4) is 0 Å². The summed E-state index contributed by atoms with van der Waals surface area (Å²) in [6.07, 6.45) is 1.40. The van der Waals surface area contributed by atoms with Gasteiger partial charge in [0, 0.05) is 11.4 Å². The van der Waals surface area contributed by atoms with E-state index >= 15 is 0 Å². The Kier molecular flexibility index (Phi) is 2.41. The van der Waals surface area contributed by atoms with Crippen LogP contribution in [0.25, 0.3) is 16.7 Å². The highest BCUT2D eigenvalue weighted by Gasteiger charge is 2.15. The fourth-order valence-electron chi connectivity index (χ4n) is 2.32. The quantitative estimate of drug-likeness (QED) is 0.699. The predicted octanol–water partition coefficient (Wildman–Crippen LogP) is 2.04. The second kappa shape index (κ2) is 3.98. The number of aromatic hydroxyl groups is 1. The second-order valence-electron chi connectivity index (χ2n) is 4.49. The van der Waals surface area contributed by atoms with E-state index in [0.29, 0.717) is 11.0 Å². The molecule has 0 saturated carbocycles. The summed E-state index contributed by atoms with van der Waals surface area (Å²) >= 11 is 0. The van der Waals surface area contributed by atoms with Crippen molar-refractivity contribution in [3.05, 3.63) is 52.2 Å². The molecule has 3 aromatic rings. The van der Waals surface area contributed by atoms with Crippen LogP contribution in [0.5, 0.6) is 5.75 Å². The van der Waals surface area contributed by atoms with Crippen LogP contribution in [-0.4, -0.2) is 19.6 Å². The van der Waals surface area contributed by atoms with E-state index in [1.807, 2.05) is 18.4 Å². The summed E-state index contributed by atoms with van der Waals surface area (Å²) in [5, 5.41) is 9.96. The average molecular weight is 255 g/mol. The molecule has 3 rings (SSSR count). The molecular formula is C14H13N3O2. The molecule has 0 bridgehead atoms. The Morgan fingerprint density at radius 3 is 2.58 bits per heavy atom. The highest BCUT2D eigenvalue weighted by molar-refractivity contribution is 5.82. The minimum absolute atomic E-state index is 0.136. The van der Waals surface area contributed by atoms with Crippen LogP contribution in [0.15, 0.2) is 35.4 Å². The zero-order valence-electron chi connectivity index (χ0n) is 10.6. The molecule has 0 radical (unpaired) electrons. The van der Waals surface area contributed by atoms with E-state index in [0.717, 1.165) is 16.9 Å². The number of hydrogen-bond acceptors (Lipinski definition) is 3. The maximum Gasteiger partial charge on any atom is 0.260 e. The van der Waals surface area contributed by atoms with Gasteiger partial charge >= 0.3 is 0 Å². The maximum absolute atomic E-state index is 11.9. The Bertz CT molecular complexity index is 813. The Hall–Kier alpha value is -2.56. The lowest BCUT2D eigenvalue weighted by atomic mass is 10.2. The SMILES string of the molecule is Cc1c(C)n(-c2ccc(O)cc2)c2nc[nH]c(=O)c12. The molecule has 0 saturated heterocycles. The molecular weight excluding hydrogens is 242 g/mol. The lowest BCUT2D eigenvalue weighted by Crippen LogP contribution is -2.07. The predicted molar refractivity (Wildman–Crippen MR) is 72.8 cm³/mol. The van der Waals surface area contributed by atoms with Crippen LogP contribution >= 0.6 is 0 Å². The number of phenolic OH excluding ortho intramolecular Hbond substituents is 1. The van der Waals surface area contributed by atoms with E-state index < -0.39 is 0 Å². The Morgan fingerprint density at radius 2 is 1.89 bits per heavy atom. The molecule has 2 aromatic heterocycles. The van der Waals surface area contributed by atoms with Crippen molar-refractivity contribution in [3.8, 4) is 11.4 Å². The van der Waals surface area contributed by atoms with Crippen LogP contribution in [0, 0.1) is 13.8 Å². The molecule has 0 aliphatic heterocycles. The number of phenols is 1. The molecule has 19 heavy (non-hydrogen) atoms. The number of fused-ring (bicyclic) bond motifs is 1. The van der Waals surface area contributed by atoms with Gasteiger partial charge in [-0.1, -0.05) is 0 Å². The van der Waals surface area contributed by atoms with Gasteiger partial charge in [-0.2, -0.15) is 0 Å². The lowest BCUT2D eigenvalue weighted by molar-refractivity contribution is 0.475. The molecule has 1 aromatic carbocycles. The first-order valence-corrected chi connectivity index (χ1v) is 5.94. The van der Waals surface area contributed by atoms with Gasteiger partial charge in [0.25, 0.3) is 5.56 Å². The number of H-pyrrole nitrogens is 1. The van der Waals surface area contributed by atoms with Gasteiger partial charge in [-0.05, 0) is 43.7 Å². The van der Waals surface area contributed by atoms with Crippen molar-refractivity contribution in [2.24, 2.45) is 0 Å². The largest absolute Gasteiger partial charge is 0.508 e. The van der Waals surface area contributed by atoms with Crippen LogP contribution in [0.1, 0.15) is 11.3 Å². The van der Waals surface area contributed by atoms with E-state index in [2.05, 4.69) is 9.97 Å². The normalized spacial score (nSPS) is 11.1. The van der Waals surface area contributed by atoms with Gasteiger partial charge in [-0.3, -0.25) is 9.36 Å². The third-order valence-corrected chi connectivity index (χ3v) is 3.41. The molecule has 0 spiro atoms. The van der Waals surface area contributed by atoms with Crippen molar-refractivity contribution in [2.45, 2.75) is 13.8 Å². The molecule has 0 aliphatic carbocycles. The lowest BCUT2D eigenvalue weighted by Gasteiger charge is -2.07. The Labute approximate surface area is 109 Å². The average Bonchev–Trinajstić information content (AvgIpc) is 2.65. The van der Waals surface area contributed by atoms with Gasteiger partial charge in [0.1, 0.15) is 5.75 Å². The zero-order chi connectivity index (χ0) is 13.6. The van der Waals surface area contributed by atoms with Gasteiger partial charge < -0.3 is 10.1 Å². The first-order valence-electron chi connectivity index (χ1n) is 5.94. The molecule has 0 amide bonds. The molecule has 0 unspecified atom stereocenters. The summed E-state index contributed by atoms with van der Waals surface area (Å²) in [7, 11) is 0. The molecule has 0 aliphatic rings. The third kappa shape index (κ3) is 1.62. The Balaban J connectivity index is 2.42. The summed E-state index contributed by atoms with van der Waals surface area (Å²) in [4.78, 5) is 18.8. The smallest absolute Gasteiger partial charge is 0.260 e. The molecule has 0 fully saturated rings. The summed E-state index contributed by atoms with van der Waals surface area (Å²) in [6.45, 7) is 3.86. The molecule has 96 valence electrons. The Morgan fingerprint density at radius 1 is 1.21 bits per heavy atom. The number of benzene rings is 1. The van der Waals surface area contributed by atoms with Crippen LogP contribution < -0.4 is 5.56 Å². The van der Waals surface area contributed by atoms with Crippen molar-refractivity contribution in [3.63, 3.8) is 0 Å². The zero-order valence-corrected chi connectivity index (χ0v) is 10.6. The van der Waals surface area contributed by atoms with Crippen LogP contribution in [0.4, 0.5) is 0 Å². The van der Waals surface area contributed by atoms with Crippen molar-refractivity contribution < 1.29 is 5.11 Å². The fourth-order valence-corrected chi connectivity index (χ4v) is 2.32. The number of nitrogens with zero attached hydrogens (tertiary/aromatic N) is 2. The van der Waals surface area contributed by atoms with E-state index in [1.165, 1.54) is 6.33 Å².